The second-order valence-corrected chi connectivity index (χ2v) is 5.48. The van der Waals surface area contributed by atoms with Gasteiger partial charge in [-0.25, -0.2) is 0 Å². The molecule has 0 saturated carbocycles. The molecule has 0 unspecified atom stereocenters. The van der Waals surface area contributed by atoms with E-state index in [4.69, 9.17) is 14.2 Å². The van der Waals surface area contributed by atoms with Gasteiger partial charge in [-0.3, -0.25) is 4.79 Å². The predicted octanol–water partition coefficient (Wildman–Crippen LogP) is 3.57. The molecule has 0 radical (unpaired) electrons. The fourth-order valence-corrected chi connectivity index (χ4v) is 2.31. The summed E-state index contributed by atoms with van der Waals surface area (Å²) in [4.78, 5) is 12.1. The zero-order valence-electron chi connectivity index (χ0n) is 11.8. The molecule has 2 aromatic rings. The van der Waals surface area contributed by atoms with Crippen LogP contribution in [0.25, 0.3) is 0 Å². The summed E-state index contributed by atoms with van der Waals surface area (Å²) in [6.07, 6.45) is 0. The molecule has 2 aromatic carbocycles. The Morgan fingerprint density at radius 3 is 2.48 bits per heavy atom. The highest BCUT2D eigenvalue weighted by Crippen LogP contribution is 2.27. The van der Waals surface area contributed by atoms with Gasteiger partial charge < -0.3 is 14.2 Å². The number of hydrogen-bond acceptors (Lipinski definition) is 4. The van der Waals surface area contributed by atoms with Crippen molar-refractivity contribution in [3.05, 3.63) is 51.6 Å². The van der Waals surface area contributed by atoms with Crippen molar-refractivity contribution in [2.45, 2.75) is 0 Å². The average molecular weight is 398 g/mol. The number of benzene rings is 2. The normalized spacial score (nSPS) is 10.0. The third-order valence-corrected chi connectivity index (χ3v) is 3.54. The van der Waals surface area contributed by atoms with E-state index in [1.54, 1.807) is 25.3 Å². The minimum Gasteiger partial charge on any atom is -0.493 e. The van der Waals surface area contributed by atoms with Crippen LogP contribution in [0, 0.1) is 3.57 Å². The first-order chi connectivity index (χ1) is 10.1. The summed E-state index contributed by atoms with van der Waals surface area (Å²) in [5.74, 6) is 1.68. The molecule has 110 valence electrons. The van der Waals surface area contributed by atoms with E-state index in [0.29, 0.717) is 22.8 Å². The first-order valence-corrected chi connectivity index (χ1v) is 7.35. The molecule has 0 spiro atoms. The van der Waals surface area contributed by atoms with E-state index in [1.807, 2.05) is 24.3 Å². The van der Waals surface area contributed by atoms with E-state index in [9.17, 15) is 4.79 Å². The molecule has 0 N–H and O–H groups in total. The molecular weight excluding hydrogens is 383 g/mol. The van der Waals surface area contributed by atoms with Crippen LogP contribution in [0.4, 0.5) is 0 Å². The molecule has 0 atom stereocenters. The lowest BCUT2D eigenvalue weighted by Gasteiger charge is -2.10. The summed E-state index contributed by atoms with van der Waals surface area (Å²) >= 11 is 2.20. The highest BCUT2D eigenvalue weighted by molar-refractivity contribution is 14.1. The number of hydrogen-bond donors (Lipinski definition) is 0. The number of halogens is 1. The summed E-state index contributed by atoms with van der Waals surface area (Å²) in [6, 6.07) is 12.6. The molecule has 0 aliphatic carbocycles. The predicted molar refractivity (Wildman–Crippen MR) is 88.5 cm³/mol. The number of carbonyl (C=O) groups excluding carboxylic acids is 1. The molecule has 0 bridgehead atoms. The molecule has 2 rings (SSSR count). The minimum atomic E-state index is -0.116. The van der Waals surface area contributed by atoms with Gasteiger partial charge in [-0.2, -0.15) is 0 Å². The SMILES string of the molecule is COc1ccc(C(=O)COc2cccc(I)c2)cc1OC. The van der Waals surface area contributed by atoms with Crippen LogP contribution in [0.3, 0.4) is 0 Å². The van der Waals surface area contributed by atoms with Crippen molar-refractivity contribution in [2.24, 2.45) is 0 Å². The quantitative estimate of drug-likeness (QED) is 0.552. The van der Waals surface area contributed by atoms with Gasteiger partial charge in [0.1, 0.15) is 5.75 Å². The molecular formula is C16H15IO4. The van der Waals surface area contributed by atoms with Gasteiger partial charge in [-0.1, -0.05) is 6.07 Å². The number of rotatable bonds is 6. The van der Waals surface area contributed by atoms with Crippen LogP contribution >= 0.6 is 22.6 Å². The maximum Gasteiger partial charge on any atom is 0.200 e. The van der Waals surface area contributed by atoms with Gasteiger partial charge in [0.05, 0.1) is 14.2 Å². The van der Waals surface area contributed by atoms with Gasteiger partial charge in [-0.15, -0.1) is 0 Å². The third-order valence-electron chi connectivity index (χ3n) is 2.87. The first kappa shape index (κ1) is 15.6. The van der Waals surface area contributed by atoms with Crippen LogP contribution < -0.4 is 14.2 Å². The van der Waals surface area contributed by atoms with Crippen molar-refractivity contribution in [3.8, 4) is 17.2 Å². The summed E-state index contributed by atoms with van der Waals surface area (Å²) in [7, 11) is 3.09. The van der Waals surface area contributed by atoms with Crippen LogP contribution in [0.5, 0.6) is 17.2 Å². The Labute approximate surface area is 137 Å². The van der Waals surface area contributed by atoms with E-state index in [1.165, 1.54) is 7.11 Å². The van der Waals surface area contributed by atoms with Crippen molar-refractivity contribution in [3.63, 3.8) is 0 Å². The second-order valence-electron chi connectivity index (χ2n) is 4.24. The molecule has 5 heteroatoms. The van der Waals surface area contributed by atoms with Crippen LogP contribution in [0.2, 0.25) is 0 Å². The maximum atomic E-state index is 12.1. The van der Waals surface area contributed by atoms with E-state index in [2.05, 4.69) is 22.6 Å². The number of ketones is 1. The third kappa shape index (κ3) is 4.10. The van der Waals surface area contributed by atoms with Gasteiger partial charge in [-0.05, 0) is 59.0 Å². The van der Waals surface area contributed by atoms with Gasteiger partial charge in [0.25, 0.3) is 0 Å². The highest BCUT2D eigenvalue weighted by atomic mass is 127. The number of methoxy groups -OCH3 is 2. The maximum absolute atomic E-state index is 12.1. The molecule has 21 heavy (non-hydrogen) atoms. The molecule has 4 nitrogen and oxygen atoms in total. The van der Waals surface area contributed by atoms with Gasteiger partial charge >= 0.3 is 0 Å². The molecule has 0 saturated heterocycles. The Kier molecular flexibility index (Phi) is 5.44. The highest BCUT2D eigenvalue weighted by Gasteiger charge is 2.11. The Hall–Kier alpha value is -1.76. The van der Waals surface area contributed by atoms with E-state index < -0.39 is 0 Å². The Morgan fingerprint density at radius 2 is 1.81 bits per heavy atom. The zero-order valence-corrected chi connectivity index (χ0v) is 13.9. The number of ether oxygens (including phenoxy) is 3. The Bertz CT molecular complexity index is 640. The largest absolute Gasteiger partial charge is 0.493 e. The lowest BCUT2D eigenvalue weighted by molar-refractivity contribution is 0.0921. The van der Waals surface area contributed by atoms with Crippen molar-refractivity contribution >= 4 is 28.4 Å². The average Bonchev–Trinajstić information content (AvgIpc) is 2.52. The molecule has 0 aliphatic rings. The lowest BCUT2D eigenvalue weighted by atomic mass is 10.1. The summed E-state index contributed by atoms with van der Waals surface area (Å²) in [5, 5.41) is 0. The van der Waals surface area contributed by atoms with Gasteiger partial charge in [0.2, 0.25) is 0 Å². The van der Waals surface area contributed by atoms with Crippen molar-refractivity contribution in [1.82, 2.24) is 0 Å². The minimum absolute atomic E-state index is 0.0183. The number of Topliss-reactive ketones (excluding diaryl/α,β-unsaturated/α-hetero) is 1. The zero-order chi connectivity index (χ0) is 15.2. The topological polar surface area (TPSA) is 44.8 Å². The molecule has 0 heterocycles. The van der Waals surface area contributed by atoms with E-state index in [0.717, 1.165) is 3.57 Å². The van der Waals surface area contributed by atoms with Gasteiger partial charge in [0, 0.05) is 9.13 Å². The van der Waals surface area contributed by atoms with Crippen LogP contribution in [0.15, 0.2) is 42.5 Å². The molecule has 0 aromatic heterocycles. The Balaban J connectivity index is 2.06. The Morgan fingerprint density at radius 1 is 1.05 bits per heavy atom. The summed E-state index contributed by atoms with van der Waals surface area (Å²) in [6.45, 7) is -0.0183. The summed E-state index contributed by atoms with van der Waals surface area (Å²) < 4.78 is 16.9. The molecule has 0 fully saturated rings. The van der Waals surface area contributed by atoms with Crippen LogP contribution in [-0.4, -0.2) is 26.6 Å². The fraction of sp³-hybridized carbons (Fsp3) is 0.188. The number of carbonyl (C=O) groups is 1. The first-order valence-electron chi connectivity index (χ1n) is 6.27. The molecule has 0 aliphatic heterocycles. The van der Waals surface area contributed by atoms with Crippen molar-refractivity contribution < 1.29 is 19.0 Å². The molecule has 0 amide bonds. The van der Waals surface area contributed by atoms with Gasteiger partial charge in [0.15, 0.2) is 23.9 Å². The van der Waals surface area contributed by atoms with Crippen molar-refractivity contribution in [1.29, 1.82) is 0 Å². The van der Waals surface area contributed by atoms with Crippen LogP contribution in [-0.2, 0) is 0 Å². The fourth-order valence-electron chi connectivity index (χ4n) is 1.80. The lowest BCUT2D eigenvalue weighted by Crippen LogP contribution is -2.11. The smallest absolute Gasteiger partial charge is 0.200 e. The standard InChI is InChI=1S/C16H15IO4/c1-19-15-7-6-11(8-16(15)20-2)14(18)10-21-13-5-3-4-12(17)9-13/h3-9H,10H2,1-2H3. The van der Waals surface area contributed by atoms with Crippen LogP contribution in [0.1, 0.15) is 10.4 Å². The second kappa shape index (κ2) is 7.31. The summed E-state index contributed by atoms with van der Waals surface area (Å²) in [5.41, 5.74) is 0.526. The van der Waals surface area contributed by atoms with Crippen molar-refractivity contribution in [2.75, 3.05) is 20.8 Å². The van der Waals surface area contributed by atoms with E-state index in [-0.39, 0.29) is 12.4 Å². The van der Waals surface area contributed by atoms with E-state index >= 15 is 0 Å². The monoisotopic (exact) mass is 398 g/mol.